The molecular weight excluding hydrogens is 328 g/mol. The van der Waals surface area contributed by atoms with Gasteiger partial charge in [0, 0.05) is 25.2 Å². The van der Waals surface area contributed by atoms with E-state index in [0.717, 1.165) is 43.2 Å². The highest BCUT2D eigenvalue weighted by Crippen LogP contribution is 2.18. The number of benzene rings is 1. The molecular formula is C20H28N4O2. The molecule has 0 unspecified atom stereocenters. The normalized spacial score (nSPS) is 15.8. The second kappa shape index (κ2) is 7.60. The Kier molecular flexibility index (Phi) is 5.44. The van der Waals surface area contributed by atoms with Gasteiger partial charge < -0.3 is 10.1 Å². The first-order valence-corrected chi connectivity index (χ1v) is 9.12. The van der Waals surface area contributed by atoms with Gasteiger partial charge in [0.2, 0.25) is 0 Å². The number of hydrogen-bond donors (Lipinski definition) is 1. The number of amides is 1. The number of morpholine rings is 1. The van der Waals surface area contributed by atoms with Crippen LogP contribution < -0.4 is 5.32 Å². The Morgan fingerprint density at radius 3 is 2.62 bits per heavy atom. The zero-order valence-electron chi connectivity index (χ0n) is 16.1. The smallest absolute Gasteiger partial charge is 0.254 e. The maximum Gasteiger partial charge on any atom is 0.254 e. The molecule has 0 saturated carbocycles. The molecule has 1 N–H and O–H groups in total. The Labute approximate surface area is 155 Å². The Bertz CT molecular complexity index is 776. The van der Waals surface area contributed by atoms with Crippen LogP contribution in [0.4, 0.5) is 0 Å². The molecule has 1 amide bonds. The monoisotopic (exact) mass is 356 g/mol. The van der Waals surface area contributed by atoms with Crippen LogP contribution in [-0.4, -0.2) is 59.0 Å². The van der Waals surface area contributed by atoms with E-state index < -0.39 is 0 Å². The molecule has 3 rings (SSSR count). The summed E-state index contributed by atoms with van der Waals surface area (Å²) in [6.07, 6.45) is 1.65. The first kappa shape index (κ1) is 18.6. The quantitative estimate of drug-likeness (QED) is 0.893. The summed E-state index contributed by atoms with van der Waals surface area (Å²) in [5.74, 6) is -0.0799. The standard InChI is InChI=1S/C20H28N4O2/c1-15-7-5-6-8-18(15)24-16(2)17(13-22-24)19(25)21-14-20(3,4)23-9-11-26-12-10-23/h5-8,13H,9-12,14H2,1-4H3,(H,21,25). The first-order valence-electron chi connectivity index (χ1n) is 9.12. The number of aryl methyl sites for hydroxylation is 1. The number of hydrogen-bond acceptors (Lipinski definition) is 4. The van der Waals surface area contributed by atoms with E-state index in [1.165, 1.54) is 0 Å². The molecule has 0 atom stereocenters. The second-order valence-corrected chi connectivity index (χ2v) is 7.44. The molecule has 2 aromatic rings. The van der Waals surface area contributed by atoms with Gasteiger partial charge in [-0.05, 0) is 39.3 Å². The third kappa shape index (κ3) is 3.81. The SMILES string of the molecule is Cc1ccccc1-n1ncc(C(=O)NCC(C)(C)N2CCOCC2)c1C. The van der Waals surface area contributed by atoms with E-state index in [2.05, 4.69) is 29.2 Å². The van der Waals surface area contributed by atoms with Crippen molar-refractivity contribution in [3.05, 3.63) is 47.3 Å². The molecule has 1 aromatic carbocycles. The molecule has 1 aromatic heterocycles. The number of nitrogens with zero attached hydrogens (tertiary/aromatic N) is 3. The van der Waals surface area contributed by atoms with Crippen LogP contribution >= 0.6 is 0 Å². The van der Waals surface area contributed by atoms with Crippen molar-refractivity contribution in [2.45, 2.75) is 33.2 Å². The molecule has 1 fully saturated rings. The Morgan fingerprint density at radius 2 is 1.92 bits per heavy atom. The van der Waals surface area contributed by atoms with Crippen molar-refractivity contribution in [3.63, 3.8) is 0 Å². The number of carbonyl (C=O) groups excluding carboxylic acids is 1. The topological polar surface area (TPSA) is 59.4 Å². The minimum absolute atomic E-state index is 0.0799. The van der Waals surface area contributed by atoms with E-state index in [4.69, 9.17) is 4.74 Å². The molecule has 0 aliphatic carbocycles. The summed E-state index contributed by atoms with van der Waals surface area (Å²) in [7, 11) is 0. The van der Waals surface area contributed by atoms with E-state index in [9.17, 15) is 4.79 Å². The summed E-state index contributed by atoms with van der Waals surface area (Å²) in [5.41, 5.74) is 3.48. The lowest BCUT2D eigenvalue weighted by molar-refractivity contribution is -0.00923. The predicted molar refractivity (Wildman–Crippen MR) is 102 cm³/mol. The zero-order chi connectivity index (χ0) is 18.7. The van der Waals surface area contributed by atoms with Gasteiger partial charge in [-0.1, -0.05) is 18.2 Å². The molecule has 0 radical (unpaired) electrons. The Balaban J connectivity index is 1.70. The maximum absolute atomic E-state index is 12.7. The van der Waals surface area contributed by atoms with Crippen molar-refractivity contribution < 1.29 is 9.53 Å². The lowest BCUT2D eigenvalue weighted by Gasteiger charge is -2.40. The Morgan fingerprint density at radius 1 is 1.23 bits per heavy atom. The molecule has 2 heterocycles. The number of carbonyl (C=O) groups is 1. The van der Waals surface area contributed by atoms with Crippen LogP contribution in [0.1, 0.15) is 35.5 Å². The van der Waals surface area contributed by atoms with Gasteiger partial charge in [-0.3, -0.25) is 9.69 Å². The van der Waals surface area contributed by atoms with Gasteiger partial charge in [0.1, 0.15) is 0 Å². The van der Waals surface area contributed by atoms with Crippen molar-refractivity contribution >= 4 is 5.91 Å². The second-order valence-electron chi connectivity index (χ2n) is 7.44. The van der Waals surface area contributed by atoms with Crippen LogP contribution in [0.2, 0.25) is 0 Å². The number of ether oxygens (including phenoxy) is 1. The van der Waals surface area contributed by atoms with Crippen molar-refractivity contribution in [1.29, 1.82) is 0 Å². The van der Waals surface area contributed by atoms with Crippen LogP contribution in [0.15, 0.2) is 30.5 Å². The van der Waals surface area contributed by atoms with Gasteiger partial charge in [0.05, 0.1) is 36.4 Å². The molecule has 6 heteroatoms. The molecule has 6 nitrogen and oxygen atoms in total. The van der Waals surface area contributed by atoms with Crippen LogP contribution in [0.3, 0.4) is 0 Å². The van der Waals surface area contributed by atoms with Gasteiger partial charge in [-0.15, -0.1) is 0 Å². The average Bonchev–Trinajstić information content (AvgIpc) is 3.02. The van der Waals surface area contributed by atoms with Crippen molar-refractivity contribution in [3.8, 4) is 5.69 Å². The van der Waals surface area contributed by atoms with Crippen LogP contribution in [0, 0.1) is 13.8 Å². The lowest BCUT2D eigenvalue weighted by atomic mass is 10.0. The van der Waals surface area contributed by atoms with Crippen molar-refractivity contribution in [2.24, 2.45) is 0 Å². The van der Waals surface area contributed by atoms with E-state index in [-0.39, 0.29) is 11.4 Å². The molecule has 1 saturated heterocycles. The molecule has 1 aliphatic heterocycles. The fraction of sp³-hybridized carbons (Fsp3) is 0.500. The van der Waals surface area contributed by atoms with Gasteiger partial charge >= 0.3 is 0 Å². The molecule has 0 bridgehead atoms. The van der Waals surface area contributed by atoms with E-state index in [1.54, 1.807) is 6.20 Å². The summed E-state index contributed by atoms with van der Waals surface area (Å²) in [4.78, 5) is 15.1. The van der Waals surface area contributed by atoms with E-state index in [0.29, 0.717) is 12.1 Å². The van der Waals surface area contributed by atoms with Crippen molar-refractivity contribution in [1.82, 2.24) is 20.0 Å². The van der Waals surface area contributed by atoms with Crippen LogP contribution in [0.5, 0.6) is 0 Å². The average molecular weight is 356 g/mol. The van der Waals surface area contributed by atoms with E-state index in [1.807, 2.05) is 42.8 Å². The summed E-state index contributed by atoms with van der Waals surface area (Å²) in [6.45, 7) is 12.2. The first-order chi connectivity index (χ1) is 12.4. The van der Waals surface area contributed by atoms with Gasteiger partial charge in [0.25, 0.3) is 5.91 Å². The minimum Gasteiger partial charge on any atom is -0.379 e. The number of aromatic nitrogens is 2. The number of nitrogens with one attached hydrogen (secondary N) is 1. The van der Waals surface area contributed by atoms with Gasteiger partial charge in [0.15, 0.2) is 0 Å². The highest BCUT2D eigenvalue weighted by molar-refractivity contribution is 5.95. The maximum atomic E-state index is 12.7. The summed E-state index contributed by atoms with van der Waals surface area (Å²) >= 11 is 0. The summed E-state index contributed by atoms with van der Waals surface area (Å²) < 4.78 is 7.25. The van der Waals surface area contributed by atoms with Crippen LogP contribution in [-0.2, 0) is 4.74 Å². The third-order valence-corrected chi connectivity index (χ3v) is 5.15. The fourth-order valence-electron chi connectivity index (χ4n) is 3.35. The fourth-order valence-corrected chi connectivity index (χ4v) is 3.35. The molecule has 1 aliphatic rings. The molecule has 26 heavy (non-hydrogen) atoms. The van der Waals surface area contributed by atoms with Gasteiger partial charge in [-0.25, -0.2) is 4.68 Å². The summed E-state index contributed by atoms with van der Waals surface area (Å²) in [5, 5.41) is 7.51. The highest BCUT2D eigenvalue weighted by Gasteiger charge is 2.29. The minimum atomic E-state index is -0.112. The van der Waals surface area contributed by atoms with Crippen molar-refractivity contribution in [2.75, 3.05) is 32.8 Å². The number of rotatable bonds is 5. The van der Waals surface area contributed by atoms with Gasteiger partial charge in [-0.2, -0.15) is 5.10 Å². The Hall–Kier alpha value is -2.18. The predicted octanol–water partition coefficient (Wildman–Crippen LogP) is 2.33. The molecule has 0 spiro atoms. The summed E-state index contributed by atoms with van der Waals surface area (Å²) in [6, 6.07) is 8.03. The molecule has 140 valence electrons. The van der Waals surface area contributed by atoms with Crippen LogP contribution in [0.25, 0.3) is 5.69 Å². The van der Waals surface area contributed by atoms with E-state index >= 15 is 0 Å². The third-order valence-electron chi connectivity index (χ3n) is 5.15. The lowest BCUT2D eigenvalue weighted by Crippen LogP contribution is -2.55. The largest absolute Gasteiger partial charge is 0.379 e. The zero-order valence-corrected chi connectivity index (χ0v) is 16.1. The number of para-hydroxylation sites is 1. The highest BCUT2D eigenvalue weighted by atomic mass is 16.5.